The molecule has 0 aliphatic carbocycles. The molecule has 0 aromatic heterocycles. The Morgan fingerprint density at radius 1 is 1.53 bits per heavy atom. The molecule has 0 spiro atoms. The van der Waals surface area contributed by atoms with Crippen LogP contribution in [0.15, 0.2) is 24.3 Å². The molecule has 1 amide bonds. The van der Waals surface area contributed by atoms with E-state index in [2.05, 4.69) is 18.7 Å². The first kappa shape index (κ1) is 11.6. The van der Waals surface area contributed by atoms with Crippen LogP contribution in [0.2, 0.25) is 0 Å². The number of carbonyl (C=O) groups excluding carboxylic acids is 1. The van der Waals surface area contributed by atoms with Crippen LogP contribution >= 0.6 is 12.6 Å². The highest BCUT2D eigenvalue weighted by Gasteiger charge is 2.17. The highest BCUT2D eigenvalue weighted by Crippen LogP contribution is 2.19. The second-order valence-corrected chi connectivity index (χ2v) is 3.98. The summed E-state index contributed by atoms with van der Waals surface area (Å²) in [4.78, 5) is 13.1. The zero-order valence-electron chi connectivity index (χ0n) is 8.64. The molecule has 1 unspecified atom stereocenters. The van der Waals surface area contributed by atoms with Gasteiger partial charge in [-0.15, -0.1) is 0 Å². The van der Waals surface area contributed by atoms with Crippen LogP contribution in [0.1, 0.15) is 12.5 Å². The van der Waals surface area contributed by atoms with Crippen LogP contribution in [-0.4, -0.2) is 18.2 Å². The summed E-state index contributed by atoms with van der Waals surface area (Å²) >= 11 is 4.07. The van der Waals surface area contributed by atoms with E-state index in [0.717, 1.165) is 0 Å². The Morgan fingerprint density at radius 3 is 2.67 bits per heavy atom. The van der Waals surface area contributed by atoms with E-state index in [1.54, 1.807) is 38.2 Å². The molecule has 1 atom stereocenters. The maximum atomic E-state index is 11.7. The first-order chi connectivity index (χ1) is 7.07. The Hall–Kier alpha value is -1.47. The van der Waals surface area contributed by atoms with E-state index in [0.29, 0.717) is 11.3 Å². The Labute approximate surface area is 94.7 Å². The third kappa shape index (κ3) is 2.51. The zero-order valence-corrected chi connectivity index (χ0v) is 9.53. The largest absolute Gasteiger partial charge is 0.313 e. The van der Waals surface area contributed by atoms with Gasteiger partial charge in [0, 0.05) is 7.05 Å². The van der Waals surface area contributed by atoms with E-state index in [1.807, 2.05) is 0 Å². The van der Waals surface area contributed by atoms with Crippen molar-refractivity contribution in [2.24, 2.45) is 0 Å². The smallest absolute Gasteiger partial charge is 0.239 e. The SMILES string of the molecule is CC(S)C(=O)N(C)c1ccccc1C#N. The average Bonchev–Trinajstić information content (AvgIpc) is 2.26. The van der Waals surface area contributed by atoms with Crippen molar-refractivity contribution < 1.29 is 4.79 Å². The molecule has 1 aromatic rings. The van der Waals surface area contributed by atoms with E-state index in [4.69, 9.17) is 5.26 Å². The normalized spacial score (nSPS) is 11.6. The summed E-state index contributed by atoms with van der Waals surface area (Å²) in [5.41, 5.74) is 1.10. The number of para-hydroxylation sites is 1. The predicted octanol–water partition coefficient (Wildman–Crippen LogP) is 1.84. The summed E-state index contributed by atoms with van der Waals surface area (Å²) in [7, 11) is 1.64. The van der Waals surface area contributed by atoms with Gasteiger partial charge < -0.3 is 4.90 Å². The van der Waals surface area contributed by atoms with Crippen LogP contribution in [-0.2, 0) is 4.79 Å². The second kappa shape index (κ2) is 4.85. The third-order valence-corrected chi connectivity index (χ3v) is 2.29. The van der Waals surface area contributed by atoms with Crippen LogP contribution < -0.4 is 4.90 Å². The summed E-state index contributed by atoms with van der Waals surface area (Å²) in [6.45, 7) is 1.71. The van der Waals surface area contributed by atoms with Crippen molar-refractivity contribution in [3.63, 3.8) is 0 Å². The van der Waals surface area contributed by atoms with Crippen molar-refractivity contribution in [2.45, 2.75) is 12.2 Å². The standard InChI is InChI=1S/C11H12N2OS/c1-8(15)11(14)13(2)10-6-4-3-5-9(10)7-12/h3-6,8,15H,1-2H3. The lowest BCUT2D eigenvalue weighted by atomic mass is 10.2. The Bertz CT molecular complexity index is 409. The summed E-state index contributed by atoms with van der Waals surface area (Å²) in [5.74, 6) is -0.124. The number of benzene rings is 1. The van der Waals surface area contributed by atoms with Crippen LogP contribution in [0.5, 0.6) is 0 Å². The van der Waals surface area contributed by atoms with Gasteiger partial charge in [0.15, 0.2) is 0 Å². The molecular formula is C11H12N2OS. The van der Waals surface area contributed by atoms with Crippen LogP contribution in [0, 0.1) is 11.3 Å². The van der Waals surface area contributed by atoms with Gasteiger partial charge in [-0.1, -0.05) is 12.1 Å². The fourth-order valence-electron chi connectivity index (χ4n) is 1.26. The van der Waals surface area contributed by atoms with Crippen LogP contribution in [0.4, 0.5) is 5.69 Å². The maximum absolute atomic E-state index is 11.7. The predicted molar refractivity (Wildman–Crippen MR) is 63.0 cm³/mol. The van der Waals surface area contributed by atoms with E-state index in [-0.39, 0.29) is 11.2 Å². The fourth-order valence-corrected chi connectivity index (χ4v) is 1.43. The average molecular weight is 220 g/mol. The van der Waals surface area contributed by atoms with E-state index in [9.17, 15) is 4.79 Å². The number of nitriles is 1. The molecule has 0 fully saturated rings. The molecule has 0 saturated carbocycles. The summed E-state index contributed by atoms with van der Waals surface area (Å²) < 4.78 is 0. The lowest BCUT2D eigenvalue weighted by Crippen LogP contribution is -2.32. The van der Waals surface area contributed by atoms with Crippen molar-refractivity contribution in [1.82, 2.24) is 0 Å². The van der Waals surface area contributed by atoms with E-state index >= 15 is 0 Å². The van der Waals surface area contributed by atoms with Crippen molar-refractivity contribution in [1.29, 1.82) is 5.26 Å². The Kier molecular flexibility index (Phi) is 3.75. The molecular weight excluding hydrogens is 208 g/mol. The van der Waals surface area contributed by atoms with Gasteiger partial charge in [0.1, 0.15) is 6.07 Å². The molecule has 0 N–H and O–H groups in total. The molecule has 3 nitrogen and oxygen atoms in total. The molecule has 1 aromatic carbocycles. The number of nitrogens with zero attached hydrogens (tertiary/aromatic N) is 2. The van der Waals surface area contributed by atoms with Crippen molar-refractivity contribution in [3.8, 4) is 6.07 Å². The molecule has 0 saturated heterocycles. The van der Waals surface area contributed by atoms with Crippen LogP contribution in [0.25, 0.3) is 0 Å². The third-order valence-electron chi connectivity index (χ3n) is 2.07. The lowest BCUT2D eigenvalue weighted by Gasteiger charge is -2.19. The molecule has 0 aliphatic heterocycles. The maximum Gasteiger partial charge on any atom is 0.239 e. The molecule has 1 rings (SSSR count). The Balaban J connectivity index is 3.07. The first-order valence-electron chi connectivity index (χ1n) is 4.52. The van der Waals surface area contributed by atoms with Gasteiger partial charge in [0.2, 0.25) is 5.91 Å². The highest BCUT2D eigenvalue weighted by atomic mass is 32.1. The van der Waals surface area contributed by atoms with Crippen LogP contribution in [0.3, 0.4) is 0 Å². The minimum atomic E-state index is -0.373. The quantitative estimate of drug-likeness (QED) is 0.773. The number of anilines is 1. The van der Waals surface area contributed by atoms with Gasteiger partial charge in [-0.25, -0.2) is 0 Å². The van der Waals surface area contributed by atoms with E-state index < -0.39 is 0 Å². The molecule has 0 radical (unpaired) electrons. The number of carbonyl (C=O) groups is 1. The van der Waals surface area contributed by atoms with Gasteiger partial charge in [-0.3, -0.25) is 4.79 Å². The van der Waals surface area contributed by atoms with Gasteiger partial charge >= 0.3 is 0 Å². The number of rotatable bonds is 2. The number of hydrogen-bond acceptors (Lipinski definition) is 3. The highest BCUT2D eigenvalue weighted by molar-refractivity contribution is 7.81. The zero-order chi connectivity index (χ0) is 11.4. The molecule has 78 valence electrons. The number of hydrogen-bond donors (Lipinski definition) is 1. The lowest BCUT2D eigenvalue weighted by molar-refractivity contribution is -0.117. The minimum Gasteiger partial charge on any atom is -0.313 e. The first-order valence-corrected chi connectivity index (χ1v) is 5.04. The molecule has 0 heterocycles. The number of thiol groups is 1. The fraction of sp³-hybridized carbons (Fsp3) is 0.273. The van der Waals surface area contributed by atoms with Crippen molar-refractivity contribution in [3.05, 3.63) is 29.8 Å². The van der Waals surface area contributed by atoms with E-state index in [1.165, 1.54) is 4.90 Å². The molecule has 4 heteroatoms. The van der Waals surface area contributed by atoms with Gasteiger partial charge in [0.05, 0.1) is 16.5 Å². The molecule has 0 bridgehead atoms. The Morgan fingerprint density at radius 2 is 2.13 bits per heavy atom. The summed E-state index contributed by atoms with van der Waals surface area (Å²) in [6.07, 6.45) is 0. The van der Waals surface area contributed by atoms with Gasteiger partial charge in [-0.2, -0.15) is 17.9 Å². The van der Waals surface area contributed by atoms with Gasteiger partial charge in [-0.05, 0) is 19.1 Å². The topological polar surface area (TPSA) is 44.1 Å². The second-order valence-electron chi connectivity index (χ2n) is 3.20. The van der Waals surface area contributed by atoms with Crippen molar-refractivity contribution >= 4 is 24.2 Å². The molecule has 0 aliphatic rings. The van der Waals surface area contributed by atoms with Gasteiger partial charge in [0.25, 0.3) is 0 Å². The number of amides is 1. The summed E-state index contributed by atoms with van der Waals surface area (Å²) in [6, 6.07) is 9.04. The van der Waals surface area contributed by atoms with Crippen molar-refractivity contribution in [2.75, 3.05) is 11.9 Å². The minimum absolute atomic E-state index is 0.124. The monoisotopic (exact) mass is 220 g/mol. The summed E-state index contributed by atoms with van der Waals surface area (Å²) in [5, 5.41) is 8.51. The molecule has 15 heavy (non-hydrogen) atoms.